The smallest absolute Gasteiger partial charge is 0.0625 e. The Balaban J connectivity index is 2.27. The van der Waals surface area contributed by atoms with E-state index in [1.807, 2.05) is 12.3 Å². The molecular weight excluding hydrogens is 160 g/mol. The first kappa shape index (κ1) is 8.17. The summed E-state index contributed by atoms with van der Waals surface area (Å²) >= 11 is 0. The molecule has 0 fully saturated rings. The van der Waals surface area contributed by atoms with Gasteiger partial charge in [-0.3, -0.25) is 0 Å². The maximum Gasteiger partial charge on any atom is 0.0625 e. The lowest BCUT2D eigenvalue weighted by molar-refractivity contribution is 0.735. The summed E-state index contributed by atoms with van der Waals surface area (Å²) in [5.41, 5.74) is 3.88. The molecule has 0 spiro atoms. The predicted octanol–water partition coefficient (Wildman–Crippen LogP) is 2.48. The minimum atomic E-state index is 0.942. The highest BCUT2D eigenvalue weighted by molar-refractivity contribution is 5.16. The number of rotatable bonds is 2. The maximum absolute atomic E-state index is 3.21. The van der Waals surface area contributed by atoms with Crippen LogP contribution in [-0.2, 0) is 6.54 Å². The normalized spacial score (nSPS) is 10.6. The molecular formula is C11H14N2. The number of nitrogens with zero attached hydrogens (tertiary/aromatic N) is 1. The summed E-state index contributed by atoms with van der Waals surface area (Å²) < 4.78 is 2.30. The van der Waals surface area contributed by atoms with Crippen molar-refractivity contribution in [3.05, 3.63) is 47.5 Å². The van der Waals surface area contributed by atoms with Gasteiger partial charge in [0.15, 0.2) is 0 Å². The molecule has 2 aromatic heterocycles. The molecule has 2 aromatic rings. The minimum Gasteiger partial charge on any atom is -0.364 e. The fourth-order valence-corrected chi connectivity index (χ4v) is 1.58. The van der Waals surface area contributed by atoms with E-state index >= 15 is 0 Å². The van der Waals surface area contributed by atoms with E-state index in [1.54, 1.807) is 0 Å². The van der Waals surface area contributed by atoms with Gasteiger partial charge in [-0.2, -0.15) is 0 Å². The van der Waals surface area contributed by atoms with Gasteiger partial charge < -0.3 is 9.55 Å². The number of aromatic nitrogens is 2. The number of H-pyrrole nitrogens is 1. The van der Waals surface area contributed by atoms with Gasteiger partial charge in [-0.1, -0.05) is 0 Å². The average Bonchev–Trinajstić information content (AvgIpc) is 2.70. The Morgan fingerprint density at radius 1 is 1.15 bits per heavy atom. The molecule has 0 radical (unpaired) electrons. The third kappa shape index (κ3) is 1.52. The van der Waals surface area contributed by atoms with E-state index in [2.05, 4.69) is 41.6 Å². The van der Waals surface area contributed by atoms with Crippen molar-refractivity contribution in [2.75, 3.05) is 0 Å². The Labute approximate surface area is 78.2 Å². The van der Waals surface area contributed by atoms with E-state index in [0.29, 0.717) is 0 Å². The Kier molecular flexibility index (Phi) is 1.97. The molecule has 0 aliphatic heterocycles. The molecule has 0 aliphatic rings. The van der Waals surface area contributed by atoms with E-state index in [1.165, 1.54) is 17.1 Å². The van der Waals surface area contributed by atoms with Crippen LogP contribution in [0.3, 0.4) is 0 Å². The van der Waals surface area contributed by atoms with Gasteiger partial charge in [-0.25, -0.2) is 0 Å². The van der Waals surface area contributed by atoms with Crippen LogP contribution in [0, 0.1) is 13.8 Å². The summed E-state index contributed by atoms with van der Waals surface area (Å²) in [5.74, 6) is 0. The molecule has 0 saturated carbocycles. The molecule has 2 nitrogen and oxygen atoms in total. The second kappa shape index (κ2) is 3.13. The summed E-state index contributed by atoms with van der Waals surface area (Å²) in [6, 6.07) is 8.44. The number of nitrogens with one attached hydrogen (secondary N) is 1. The van der Waals surface area contributed by atoms with E-state index < -0.39 is 0 Å². The number of aryl methyl sites for hydroxylation is 2. The SMILES string of the molecule is Cc1ccc(C)n1Cc1ccc[nH]1. The Hall–Kier alpha value is -1.44. The molecule has 0 amide bonds. The summed E-state index contributed by atoms with van der Waals surface area (Å²) in [7, 11) is 0. The van der Waals surface area contributed by atoms with Crippen molar-refractivity contribution < 1.29 is 0 Å². The first-order chi connectivity index (χ1) is 6.27. The molecule has 0 saturated heterocycles. The van der Waals surface area contributed by atoms with Crippen LogP contribution in [0.1, 0.15) is 17.1 Å². The van der Waals surface area contributed by atoms with E-state index in [4.69, 9.17) is 0 Å². The second-order valence-corrected chi connectivity index (χ2v) is 3.40. The van der Waals surface area contributed by atoms with Gasteiger partial charge in [-0.05, 0) is 38.1 Å². The first-order valence-electron chi connectivity index (χ1n) is 4.52. The topological polar surface area (TPSA) is 20.7 Å². The highest BCUT2D eigenvalue weighted by atomic mass is 15.0. The molecule has 0 aromatic carbocycles. The highest BCUT2D eigenvalue weighted by Crippen LogP contribution is 2.09. The van der Waals surface area contributed by atoms with Gasteiger partial charge in [0.2, 0.25) is 0 Å². The zero-order chi connectivity index (χ0) is 9.26. The minimum absolute atomic E-state index is 0.942. The zero-order valence-corrected chi connectivity index (χ0v) is 8.04. The van der Waals surface area contributed by atoms with Crippen molar-refractivity contribution in [3.63, 3.8) is 0 Å². The van der Waals surface area contributed by atoms with Crippen LogP contribution in [0.2, 0.25) is 0 Å². The lowest BCUT2D eigenvalue weighted by atomic mass is 10.4. The summed E-state index contributed by atoms with van der Waals surface area (Å²) in [6.45, 7) is 5.21. The number of hydrogen-bond acceptors (Lipinski definition) is 0. The van der Waals surface area contributed by atoms with E-state index in [9.17, 15) is 0 Å². The van der Waals surface area contributed by atoms with Crippen LogP contribution < -0.4 is 0 Å². The fraction of sp³-hybridized carbons (Fsp3) is 0.273. The van der Waals surface area contributed by atoms with E-state index in [0.717, 1.165) is 6.54 Å². The molecule has 0 unspecified atom stereocenters. The van der Waals surface area contributed by atoms with Crippen LogP contribution in [0.5, 0.6) is 0 Å². The molecule has 13 heavy (non-hydrogen) atoms. The number of hydrogen-bond donors (Lipinski definition) is 1. The standard InChI is InChI=1S/C11H14N2/c1-9-5-6-10(2)13(9)8-11-4-3-7-12-11/h3-7,12H,8H2,1-2H3. The molecule has 1 N–H and O–H groups in total. The third-order valence-corrected chi connectivity index (χ3v) is 2.41. The fourth-order valence-electron chi connectivity index (χ4n) is 1.58. The molecule has 2 heteroatoms. The van der Waals surface area contributed by atoms with Crippen LogP contribution in [0.15, 0.2) is 30.5 Å². The molecule has 2 rings (SSSR count). The lowest BCUT2D eigenvalue weighted by Crippen LogP contribution is -2.03. The highest BCUT2D eigenvalue weighted by Gasteiger charge is 2.01. The number of aromatic amines is 1. The summed E-state index contributed by atoms with van der Waals surface area (Å²) in [6.07, 6.45) is 1.96. The summed E-state index contributed by atoms with van der Waals surface area (Å²) in [5, 5.41) is 0. The van der Waals surface area contributed by atoms with Gasteiger partial charge in [-0.15, -0.1) is 0 Å². The Morgan fingerprint density at radius 3 is 2.38 bits per heavy atom. The first-order valence-corrected chi connectivity index (χ1v) is 4.52. The second-order valence-electron chi connectivity index (χ2n) is 3.40. The quantitative estimate of drug-likeness (QED) is 0.722. The van der Waals surface area contributed by atoms with Crippen LogP contribution in [0.4, 0.5) is 0 Å². The molecule has 0 bridgehead atoms. The van der Waals surface area contributed by atoms with Crippen LogP contribution in [-0.4, -0.2) is 9.55 Å². The average molecular weight is 174 g/mol. The third-order valence-electron chi connectivity index (χ3n) is 2.41. The summed E-state index contributed by atoms with van der Waals surface area (Å²) in [4.78, 5) is 3.21. The van der Waals surface area contributed by atoms with Crippen molar-refractivity contribution in [3.8, 4) is 0 Å². The monoisotopic (exact) mass is 174 g/mol. The largest absolute Gasteiger partial charge is 0.364 e. The van der Waals surface area contributed by atoms with E-state index in [-0.39, 0.29) is 0 Å². The lowest BCUT2D eigenvalue weighted by Gasteiger charge is -2.07. The van der Waals surface area contributed by atoms with Crippen LogP contribution in [0.25, 0.3) is 0 Å². The van der Waals surface area contributed by atoms with Gasteiger partial charge in [0.05, 0.1) is 6.54 Å². The van der Waals surface area contributed by atoms with Crippen molar-refractivity contribution in [1.82, 2.24) is 9.55 Å². The van der Waals surface area contributed by atoms with Gasteiger partial charge in [0, 0.05) is 23.3 Å². The van der Waals surface area contributed by atoms with Gasteiger partial charge in [0.25, 0.3) is 0 Å². The van der Waals surface area contributed by atoms with Crippen molar-refractivity contribution >= 4 is 0 Å². The zero-order valence-electron chi connectivity index (χ0n) is 8.04. The van der Waals surface area contributed by atoms with Gasteiger partial charge in [0.1, 0.15) is 0 Å². The van der Waals surface area contributed by atoms with Crippen molar-refractivity contribution in [2.45, 2.75) is 20.4 Å². The Morgan fingerprint density at radius 2 is 1.85 bits per heavy atom. The molecule has 0 aliphatic carbocycles. The van der Waals surface area contributed by atoms with Crippen molar-refractivity contribution in [2.24, 2.45) is 0 Å². The van der Waals surface area contributed by atoms with Crippen LogP contribution >= 0.6 is 0 Å². The van der Waals surface area contributed by atoms with Gasteiger partial charge >= 0.3 is 0 Å². The molecule has 68 valence electrons. The Bertz CT molecular complexity index is 363. The maximum atomic E-state index is 3.21. The molecule has 2 heterocycles. The predicted molar refractivity (Wildman–Crippen MR) is 53.8 cm³/mol. The molecule has 0 atom stereocenters. The van der Waals surface area contributed by atoms with Crippen molar-refractivity contribution in [1.29, 1.82) is 0 Å².